The summed E-state index contributed by atoms with van der Waals surface area (Å²) in [5.74, 6) is 0.356. The van der Waals surface area contributed by atoms with Gasteiger partial charge in [0, 0.05) is 25.8 Å². The molecule has 0 bridgehead atoms. The van der Waals surface area contributed by atoms with E-state index in [0.29, 0.717) is 17.4 Å². The number of hydrogen-bond donors (Lipinski definition) is 1. The van der Waals surface area contributed by atoms with Gasteiger partial charge in [0.2, 0.25) is 4.96 Å². The van der Waals surface area contributed by atoms with Gasteiger partial charge in [-0.1, -0.05) is 18.3 Å². The van der Waals surface area contributed by atoms with E-state index < -0.39 is 0 Å². The molecular formula is C13H18N4O2S. The lowest BCUT2D eigenvalue weighted by Gasteiger charge is -2.14. The summed E-state index contributed by atoms with van der Waals surface area (Å²) in [6, 6.07) is 1.57. The molecule has 1 fully saturated rings. The molecule has 0 spiro atoms. The molecule has 1 N–H and O–H groups in total. The van der Waals surface area contributed by atoms with Gasteiger partial charge < -0.3 is 5.11 Å². The highest BCUT2D eigenvalue weighted by atomic mass is 32.1. The molecule has 0 aromatic carbocycles. The number of likely N-dealkylation sites (tertiary alicyclic amines) is 1. The average Bonchev–Trinajstić information content (AvgIpc) is 3.05. The van der Waals surface area contributed by atoms with Crippen molar-refractivity contribution in [2.45, 2.75) is 26.3 Å². The van der Waals surface area contributed by atoms with Crippen LogP contribution in [0.5, 0.6) is 0 Å². The lowest BCUT2D eigenvalue weighted by molar-refractivity contribution is 0.219. The van der Waals surface area contributed by atoms with Gasteiger partial charge in [-0.25, -0.2) is 4.98 Å². The van der Waals surface area contributed by atoms with Gasteiger partial charge in [0.25, 0.3) is 5.56 Å². The molecule has 20 heavy (non-hydrogen) atoms. The summed E-state index contributed by atoms with van der Waals surface area (Å²) in [5.41, 5.74) is 0.679. The van der Waals surface area contributed by atoms with Crippen molar-refractivity contribution in [1.29, 1.82) is 0 Å². The van der Waals surface area contributed by atoms with E-state index >= 15 is 0 Å². The minimum Gasteiger partial charge on any atom is -0.396 e. The summed E-state index contributed by atoms with van der Waals surface area (Å²) in [6.07, 6.45) is 1.82. The minimum atomic E-state index is -0.112. The van der Waals surface area contributed by atoms with Crippen molar-refractivity contribution in [1.82, 2.24) is 19.5 Å². The Morgan fingerprint density at radius 1 is 1.55 bits per heavy atom. The fourth-order valence-corrected chi connectivity index (χ4v) is 3.41. The number of aromatic nitrogens is 3. The maximum absolute atomic E-state index is 12.0. The summed E-state index contributed by atoms with van der Waals surface area (Å²) < 4.78 is 1.38. The molecule has 0 amide bonds. The zero-order valence-electron chi connectivity index (χ0n) is 11.4. The molecule has 3 rings (SSSR count). The molecule has 1 atom stereocenters. The summed E-state index contributed by atoms with van der Waals surface area (Å²) in [4.78, 5) is 19.5. The Balaban J connectivity index is 1.83. The molecule has 0 aliphatic carbocycles. The van der Waals surface area contributed by atoms with Crippen molar-refractivity contribution < 1.29 is 5.11 Å². The number of rotatable bonds is 4. The van der Waals surface area contributed by atoms with E-state index in [2.05, 4.69) is 15.0 Å². The standard InChI is InChI=1S/C13H18N4O2S/c1-2-11-15-17-12(19)5-10(14-13(17)20-11)7-16-4-3-9(6-16)8-18/h5,9,18H,2-4,6-8H2,1H3. The second kappa shape index (κ2) is 5.59. The Kier molecular flexibility index (Phi) is 3.82. The Labute approximate surface area is 120 Å². The zero-order chi connectivity index (χ0) is 14.1. The van der Waals surface area contributed by atoms with Crippen LogP contribution >= 0.6 is 11.3 Å². The molecule has 1 unspecified atom stereocenters. The third-order valence-electron chi connectivity index (χ3n) is 3.66. The van der Waals surface area contributed by atoms with E-state index in [-0.39, 0.29) is 12.2 Å². The van der Waals surface area contributed by atoms with Gasteiger partial charge in [0.05, 0.1) is 5.69 Å². The normalized spacial score (nSPS) is 20.0. The first-order valence-electron chi connectivity index (χ1n) is 6.91. The molecule has 1 aliphatic rings. The van der Waals surface area contributed by atoms with Crippen LogP contribution in [0.1, 0.15) is 24.0 Å². The SMILES string of the molecule is CCc1nn2c(=O)cc(CN3CCC(CO)C3)nc2s1. The third kappa shape index (κ3) is 2.61. The predicted octanol–water partition coefficient (Wildman–Crippen LogP) is 0.528. The van der Waals surface area contributed by atoms with Gasteiger partial charge in [-0.15, -0.1) is 0 Å². The topological polar surface area (TPSA) is 70.7 Å². The summed E-state index contributed by atoms with van der Waals surface area (Å²) in [7, 11) is 0. The monoisotopic (exact) mass is 294 g/mol. The molecule has 1 saturated heterocycles. The maximum Gasteiger partial charge on any atom is 0.275 e. The highest BCUT2D eigenvalue weighted by Gasteiger charge is 2.22. The van der Waals surface area contributed by atoms with Crippen molar-refractivity contribution >= 4 is 16.3 Å². The van der Waals surface area contributed by atoms with Crippen LogP contribution in [-0.4, -0.2) is 44.3 Å². The number of nitrogens with zero attached hydrogens (tertiary/aromatic N) is 4. The molecule has 0 radical (unpaired) electrons. The lowest BCUT2D eigenvalue weighted by atomic mass is 10.1. The van der Waals surface area contributed by atoms with Crippen LogP contribution in [0.3, 0.4) is 0 Å². The van der Waals surface area contributed by atoms with Crippen molar-refractivity contribution in [2.24, 2.45) is 5.92 Å². The van der Waals surface area contributed by atoms with Gasteiger partial charge in [-0.3, -0.25) is 9.69 Å². The second-order valence-corrected chi connectivity index (χ2v) is 6.24. The predicted molar refractivity (Wildman–Crippen MR) is 77.0 cm³/mol. The van der Waals surface area contributed by atoms with Crippen molar-refractivity contribution in [3.8, 4) is 0 Å². The van der Waals surface area contributed by atoms with Gasteiger partial charge in [-0.05, 0) is 25.3 Å². The largest absolute Gasteiger partial charge is 0.396 e. The molecular weight excluding hydrogens is 276 g/mol. The number of aliphatic hydroxyl groups excluding tert-OH is 1. The Bertz CT molecular complexity index is 666. The average molecular weight is 294 g/mol. The number of aryl methyl sites for hydroxylation is 1. The first kappa shape index (κ1) is 13.7. The zero-order valence-corrected chi connectivity index (χ0v) is 12.3. The van der Waals surface area contributed by atoms with E-state index in [1.807, 2.05) is 6.92 Å². The lowest BCUT2D eigenvalue weighted by Crippen LogP contribution is -2.24. The molecule has 7 heteroatoms. The molecule has 6 nitrogen and oxygen atoms in total. The Morgan fingerprint density at radius 3 is 3.10 bits per heavy atom. The summed E-state index contributed by atoms with van der Waals surface area (Å²) in [5, 5.41) is 14.3. The van der Waals surface area contributed by atoms with Crippen LogP contribution in [0.25, 0.3) is 4.96 Å². The Morgan fingerprint density at radius 2 is 2.40 bits per heavy atom. The van der Waals surface area contributed by atoms with Gasteiger partial charge in [0.15, 0.2) is 0 Å². The molecule has 2 aromatic rings. The van der Waals surface area contributed by atoms with Gasteiger partial charge >= 0.3 is 0 Å². The summed E-state index contributed by atoms with van der Waals surface area (Å²) in [6.45, 7) is 4.75. The number of hydrogen-bond acceptors (Lipinski definition) is 6. The van der Waals surface area contributed by atoms with Gasteiger partial charge in [0.1, 0.15) is 5.01 Å². The molecule has 3 heterocycles. The van der Waals surface area contributed by atoms with Crippen molar-refractivity contribution in [3.63, 3.8) is 0 Å². The van der Waals surface area contributed by atoms with Crippen LogP contribution in [0.15, 0.2) is 10.9 Å². The van der Waals surface area contributed by atoms with Crippen molar-refractivity contribution in [3.05, 3.63) is 27.1 Å². The highest BCUT2D eigenvalue weighted by molar-refractivity contribution is 7.16. The fourth-order valence-electron chi connectivity index (χ4n) is 2.55. The molecule has 1 aliphatic heterocycles. The van der Waals surface area contributed by atoms with E-state index in [9.17, 15) is 4.79 Å². The van der Waals surface area contributed by atoms with Gasteiger partial charge in [-0.2, -0.15) is 9.61 Å². The van der Waals surface area contributed by atoms with Crippen LogP contribution in [0.4, 0.5) is 0 Å². The quantitative estimate of drug-likeness (QED) is 0.890. The minimum absolute atomic E-state index is 0.112. The van der Waals surface area contributed by atoms with Crippen LogP contribution < -0.4 is 5.56 Å². The first-order valence-corrected chi connectivity index (χ1v) is 7.73. The fraction of sp³-hybridized carbons (Fsp3) is 0.615. The van der Waals surface area contributed by atoms with Crippen LogP contribution in [0.2, 0.25) is 0 Å². The van der Waals surface area contributed by atoms with E-state index in [1.54, 1.807) is 6.07 Å². The summed E-state index contributed by atoms with van der Waals surface area (Å²) >= 11 is 1.47. The molecule has 108 valence electrons. The van der Waals surface area contributed by atoms with E-state index in [4.69, 9.17) is 5.11 Å². The molecule has 0 saturated carbocycles. The van der Waals surface area contributed by atoms with Crippen LogP contribution in [-0.2, 0) is 13.0 Å². The number of fused-ring (bicyclic) bond motifs is 1. The Hall–Kier alpha value is -1.31. The first-order chi connectivity index (χ1) is 9.69. The van der Waals surface area contributed by atoms with E-state index in [0.717, 1.165) is 36.6 Å². The number of aliphatic hydroxyl groups is 1. The van der Waals surface area contributed by atoms with Crippen LogP contribution in [0, 0.1) is 5.92 Å². The van der Waals surface area contributed by atoms with E-state index in [1.165, 1.54) is 15.9 Å². The highest BCUT2D eigenvalue weighted by Crippen LogP contribution is 2.18. The third-order valence-corrected chi connectivity index (χ3v) is 4.71. The van der Waals surface area contributed by atoms with Crippen molar-refractivity contribution in [2.75, 3.05) is 19.7 Å². The molecule has 2 aromatic heterocycles. The smallest absolute Gasteiger partial charge is 0.275 e. The second-order valence-electron chi connectivity index (χ2n) is 5.20. The maximum atomic E-state index is 12.0.